The van der Waals surface area contributed by atoms with E-state index in [-0.39, 0.29) is 11.5 Å². The first-order valence-electron chi connectivity index (χ1n) is 6.04. The van der Waals surface area contributed by atoms with E-state index in [4.69, 9.17) is 10.5 Å². The van der Waals surface area contributed by atoms with E-state index in [9.17, 15) is 4.39 Å². The lowest BCUT2D eigenvalue weighted by Gasteiger charge is -2.29. The molecule has 3 nitrogen and oxygen atoms in total. The summed E-state index contributed by atoms with van der Waals surface area (Å²) >= 11 is 0. The molecule has 1 aliphatic heterocycles. The van der Waals surface area contributed by atoms with E-state index in [0.717, 1.165) is 19.4 Å². The quantitative estimate of drug-likeness (QED) is 0.801. The number of likely N-dealkylation sites (tertiary alicyclic amines) is 1. The number of benzene rings is 1. The van der Waals surface area contributed by atoms with E-state index in [1.807, 2.05) is 6.07 Å². The standard InChI is InChI=1S/C14H14FN3/c15-14-12(8-17)4-1-5-13(14)10-18-6-2-3-11(7-16)9-18/h1,4-5,11H,2-3,6,9-10H2. The predicted octanol–water partition coefficient (Wildman–Crippen LogP) is 2.43. The van der Waals surface area contributed by atoms with Gasteiger partial charge in [0.15, 0.2) is 0 Å². The van der Waals surface area contributed by atoms with Gasteiger partial charge in [-0.1, -0.05) is 12.1 Å². The summed E-state index contributed by atoms with van der Waals surface area (Å²) in [6.07, 6.45) is 1.89. The fourth-order valence-corrected chi connectivity index (χ4v) is 2.33. The molecule has 0 aliphatic carbocycles. The highest BCUT2D eigenvalue weighted by molar-refractivity contribution is 5.34. The van der Waals surface area contributed by atoms with Crippen LogP contribution in [0.1, 0.15) is 24.0 Å². The highest BCUT2D eigenvalue weighted by atomic mass is 19.1. The van der Waals surface area contributed by atoms with Gasteiger partial charge in [0.05, 0.1) is 17.6 Å². The topological polar surface area (TPSA) is 50.8 Å². The normalized spacial score (nSPS) is 20.1. The van der Waals surface area contributed by atoms with Gasteiger partial charge in [-0.25, -0.2) is 4.39 Å². The van der Waals surface area contributed by atoms with Crippen LogP contribution in [0, 0.1) is 34.4 Å². The first kappa shape index (κ1) is 12.5. The maximum absolute atomic E-state index is 13.9. The number of piperidine rings is 1. The summed E-state index contributed by atoms with van der Waals surface area (Å²) in [5.74, 6) is -0.389. The van der Waals surface area contributed by atoms with Crippen LogP contribution < -0.4 is 0 Å². The Hall–Kier alpha value is -1.91. The molecule has 0 saturated carbocycles. The van der Waals surface area contributed by atoms with Gasteiger partial charge in [-0.05, 0) is 25.5 Å². The summed E-state index contributed by atoms with van der Waals surface area (Å²) in [5, 5.41) is 17.7. The van der Waals surface area contributed by atoms with E-state index in [2.05, 4.69) is 11.0 Å². The fourth-order valence-electron chi connectivity index (χ4n) is 2.33. The van der Waals surface area contributed by atoms with Gasteiger partial charge in [0.2, 0.25) is 0 Å². The van der Waals surface area contributed by atoms with Crippen molar-refractivity contribution in [2.75, 3.05) is 13.1 Å². The Morgan fingerprint density at radius 3 is 2.94 bits per heavy atom. The van der Waals surface area contributed by atoms with Gasteiger partial charge in [0.1, 0.15) is 11.9 Å². The molecule has 18 heavy (non-hydrogen) atoms. The van der Waals surface area contributed by atoms with Crippen LogP contribution in [0.25, 0.3) is 0 Å². The summed E-state index contributed by atoms with van der Waals surface area (Å²) in [4.78, 5) is 2.08. The Morgan fingerprint density at radius 1 is 1.39 bits per heavy atom. The molecule has 1 atom stereocenters. The van der Waals surface area contributed by atoms with E-state index < -0.39 is 5.82 Å². The molecular formula is C14H14FN3. The Bertz CT molecular complexity index is 513. The van der Waals surface area contributed by atoms with Gasteiger partial charge in [0, 0.05) is 18.7 Å². The summed E-state index contributed by atoms with van der Waals surface area (Å²) in [7, 11) is 0. The lowest BCUT2D eigenvalue weighted by atomic mass is 9.99. The number of hydrogen-bond acceptors (Lipinski definition) is 3. The Kier molecular flexibility index (Phi) is 3.92. The maximum Gasteiger partial charge on any atom is 0.145 e. The minimum absolute atomic E-state index is 0.0426. The molecule has 0 amide bonds. The molecule has 1 aromatic rings. The Balaban J connectivity index is 2.10. The number of hydrogen-bond donors (Lipinski definition) is 0. The third-order valence-corrected chi connectivity index (χ3v) is 3.28. The molecule has 92 valence electrons. The molecule has 1 saturated heterocycles. The van der Waals surface area contributed by atoms with E-state index in [1.54, 1.807) is 12.1 Å². The number of nitrogens with zero attached hydrogens (tertiary/aromatic N) is 3. The molecule has 2 rings (SSSR count). The third kappa shape index (κ3) is 2.67. The van der Waals surface area contributed by atoms with Crippen molar-refractivity contribution in [1.82, 2.24) is 4.90 Å². The zero-order valence-corrected chi connectivity index (χ0v) is 10.1. The van der Waals surface area contributed by atoms with Gasteiger partial charge in [-0.2, -0.15) is 10.5 Å². The lowest BCUT2D eigenvalue weighted by Crippen LogP contribution is -2.34. The highest BCUT2D eigenvalue weighted by Gasteiger charge is 2.20. The highest BCUT2D eigenvalue weighted by Crippen LogP contribution is 2.20. The van der Waals surface area contributed by atoms with E-state index >= 15 is 0 Å². The second kappa shape index (κ2) is 5.62. The number of rotatable bonds is 2. The number of nitriles is 2. The van der Waals surface area contributed by atoms with Crippen molar-refractivity contribution in [3.8, 4) is 12.1 Å². The van der Waals surface area contributed by atoms with Crippen LogP contribution in [0.15, 0.2) is 18.2 Å². The molecule has 1 unspecified atom stereocenters. The Labute approximate surface area is 106 Å². The minimum atomic E-state index is -0.431. The first-order chi connectivity index (χ1) is 8.74. The van der Waals surface area contributed by atoms with Crippen LogP contribution in [0.4, 0.5) is 4.39 Å². The van der Waals surface area contributed by atoms with Crippen molar-refractivity contribution in [1.29, 1.82) is 10.5 Å². The van der Waals surface area contributed by atoms with Gasteiger partial charge < -0.3 is 0 Å². The lowest BCUT2D eigenvalue weighted by molar-refractivity contribution is 0.190. The van der Waals surface area contributed by atoms with Crippen molar-refractivity contribution >= 4 is 0 Å². The van der Waals surface area contributed by atoms with Crippen LogP contribution in [0.5, 0.6) is 0 Å². The van der Waals surface area contributed by atoms with Crippen molar-refractivity contribution < 1.29 is 4.39 Å². The van der Waals surface area contributed by atoms with Crippen molar-refractivity contribution in [3.63, 3.8) is 0 Å². The zero-order valence-electron chi connectivity index (χ0n) is 10.1. The second-order valence-corrected chi connectivity index (χ2v) is 4.59. The second-order valence-electron chi connectivity index (χ2n) is 4.59. The monoisotopic (exact) mass is 243 g/mol. The van der Waals surface area contributed by atoms with Gasteiger partial charge in [-0.15, -0.1) is 0 Å². The smallest absolute Gasteiger partial charge is 0.145 e. The molecule has 0 radical (unpaired) electrons. The van der Waals surface area contributed by atoms with E-state index in [0.29, 0.717) is 18.7 Å². The summed E-state index contributed by atoms with van der Waals surface area (Å²) < 4.78 is 13.9. The van der Waals surface area contributed by atoms with Crippen LogP contribution in [0.3, 0.4) is 0 Å². The van der Waals surface area contributed by atoms with Crippen LogP contribution in [-0.4, -0.2) is 18.0 Å². The Morgan fingerprint density at radius 2 is 2.22 bits per heavy atom. The van der Waals surface area contributed by atoms with E-state index in [1.165, 1.54) is 6.07 Å². The molecule has 1 aromatic carbocycles. The van der Waals surface area contributed by atoms with Crippen LogP contribution in [-0.2, 0) is 6.54 Å². The summed E-state index contributed by atoms with van der Waals surface area (Å²) in [6, 6.07) is 8.99. The van der Waals surface area contributed by atoms with Crippen LogP contribution >= 0.6 is 0 Å². The average molecular weight is 243 g/mol. The summed E-state index contributed by atoms with van der Waals surface area (Å²) in [5.41, 5.74) is 0.619. The maximum atomic E-state index is 13.9. The molecule has 0 bridgehead atoms. The summed E-state index contributed by atoms with van der Waals surface area (Å²) in [6.45, 7) is 2.04. The van der Waals surface area contributed by atoms with Crippen LogP contribution in [0.2, 0.25) is 0 Å². The van der Waals surface area contributed by atoms with Gasteiger partial charge >= 0.3 is 0 Å². The zero-order chi connectivity index (χ0) is 13.0. The molecule has 0 N–H and O–H groups in total. The van der Waals surface area contributed by atoms with Gasteiger partial charge in [0.25, 0.3) is 0 Å². The van der Waals surface area contributed by atoms with Crippen molar-refractivity contribution in [2.24, 2.45) is 5.92 Å². The third-order valence-electron chi connectivity index (χ3n) is 3.28. The fraction of sp³-hybridized carbons (Fsp3) is 0.429. The average Bonchev–Trinajstić information content (AvgIpc) is 2.41. The van der Waals surface area contributed by atoms with Crippen molar-refractivity contribution in [2.45, 2.75) is 19.4 Å². The van der Waals surface area contributed by atoms with Gasteiger partial charge in [-0.3, -0.25) is 4.90 Å². The van der Waals surface area contributed by atoms with Crippen molar-refractivity contribution in [3.05, 3.63) is 35.1 Å². The molecular weight excluding hydrogens is 229 g/mol. The molecule has 0 aromatic heterocycles. The molecule has 0 spiro atoms. The molecule has 1 heterocycles. The first-order valence-corrected chi connectivity index (χ1v) is 6.04. The predicted molar refractivity (Wildman–Crippen MR) is 64.7 cm³/mol. The number of halogens is 1. The molecule has 4 heteroatoms. The molecule has 1 fully saturated rings. The minimum Gasteiger partial charge on any atom is -0.298 e. The SMILES string of the molecule is N#Cc1cccc(CN2CCCC(C#N)C2)c1F. The molecule has 1 aliphatic rings. The largest absolute Gasteiger partial charge is 0.298 e.